The molecule has 0 aromatic carbocycles. The fourth-order valence-electron chi connectivity index (χ4n) is 1.53. The van der Waals surface area contributed by atoms with Crippen LogP contribution in [0.4, 0.5) is 0 Å². The summed E-state index contributed by atoms with van der Waals surface area (Å²) in [5.74, 6) is 0. The van der Waals surface area contributed by atoms with Gasteiger partial charge in [-0.25, -0.2) is 0 Å². The second-order valence-electron chi connectivity index (χ2n) is 4.06. The van der Waals surface area contributed by atoms with Crippen molar-refractivity contribution in [3.8, 4) is 0 Å². The molecule has 0 aromatic rings. The van der Waals surface area contributed by atoms with Crippen molar-refractivity contribution in [3.05, 3.63) is 0 Å². The molecule has 14 heavy (non-hydrogen) atoms. The summed E-state index contributed by atoms with van der Waals surface area (Å²) >= 11 is 0. The maximum absolute atomic E-state index is 9.57. The average Bonchev–Trinajstić information content (AvgIpc) is 2.18. The lowest BCUT2D eigenvalue weighted by Gasteiger charge is -2.10. The fourth-order valence-corrected chi connectivity index (χ4v) is 1.53. The smallest absolute Gasteiger partial charge is 0.0664 e. The molecule has 2 N–H and O–H groups in total. The van der Waals surface area contributed by atoms with E-state index in [4.69, 9.17) is 0 Å². The Morgan fingerprint density at radius 2 is 1.71 bits per heavy atom. The van der Waals surface area contributed by atoms with Crippen LogP contribution in [0.15, 0.2) is 0 Å². The number of rotatable bonds is 10. The van der Waals surface area contributed by atoms with E-state index < -0.39 is 0 Å². The van der Waals surface area contributed by atoms with Crippen molar-refractivity contribution in [2.45, 2.75) is 64.9 Å². The maximum Gasteiger partial charge on any atom is 0.0664 e. The van der Waals surface area contributed by atoms with Crippen molar-refractivity contribution in [1.29, 1.82) is 0 Å². The third-order valence-electron chi connectivity index (χ3n) is 2.45. The molecule has 2 nitrogen and oxygen atoms in total. The predicted molar refractivity (Wildman–Crippen MR) is 62.5 cm³/mol. The minimum absolute atomic E-state index is 0.136. The molecule has 0 aliphatic rings. The summed E-state index contributed by atoms with van der Waals surface area (Å²) in [6, 6.07) is 0. The van der Waals surface area contributed by atoms with Gasteiger partial charge in [0.05, 0.1) is 6.10 Å². The van der Waals surface area contributed by atoms with Crippen LogP contribution in [-0.2, 0) is 0 Å². The number of aliphatic hydroxyl groups is 1. The average molecular weight is 201 g/mol. The standard InChI is InChI=1S/C12H27NO/c1-3-5-6-7-8-9-12(14)11-13-10-4-2/h12-14H,3-11H2,1-2H3. The minimum atomic E-state index is -0.136. The first-order valence-corrected chi connectivity index (χ1v) is 6.20. The number of hydrogen-bond acceptors (Lipinski definition) is 2. The summed E-state index contributed by atoms with van der Waals surface area (Å²) in [4.78, 5) is 0. The molecule has 0 bridgehead atoms. The molecule has 0 saturated carbocycles. The molecule has 0 amide bonds. The molecular formula is C12H27NO. The van der Waals surface area contributed by atoms with Gasteiger partial charge in [0, 0.05) is 6.54 Å². The third kappa shape index (κ3) is 10.0. The molecular weight excluding hydrogens is 174 g/mol. The van der Waals surface area contributed by atoms with Crippen LogP contribution >= 0.6 is 0 Å². The maximum atomic E-state index is 9.57. The largest absolute Gasteiger partial charge is 0.392 e. The SMILES string of the molecule is CCCCCCCC(O)CNCCC. The van der Waals surface area contributed by atoms with Crippen LogP contribution in [0.3, 0.4) is 0 Å². The molecule has 1 unspecified atom stereocenters. The second-order valence-corrected chi connectivity index (χ2v) is 4.06. The normalized spacial score (nSPS) is 13.1. The van der Waals surface area contributed by atoms with Gasteiger partial charge in [0.15, 0.2) is 0 Å². The van der Waals surface area contributed by atoms with E-state index in [1.165, 1.54) is 32.1 Å². The van der Waals surface area contributed by atoms with E-state index in [1.54, 1.807) is 0 Å². The zero-order chi connectivity index (χ0) is 10.6. The van der Waals surface area contributed by atoms with Crippen LogP contribution < -0.4 is 5.32 Å². The first kappa shape index (κ1) is 13.9. The van der Waals surface area contributed by atoms with Gasteiger partial charge in [0.1, 0.15) is 0 Å². The van der Waals surface area contributed by atoms with Gasteiger partial charge in [-0.1, -0.05) is 46.0 Å². The van der Waals surface area contributed by atoms with Gasteiger partial charge < -0.3 is 10.4 Å². The lowest BCUT2D eigenvalue weighted by Crippen LogP contribution is -2.27. The molecule has 0 aliphatic heterocycles. The Labute approximate surface area is 89.1 Å². The summed E-state index contributed by atoms with van der Waals surface area (Å²) < 4.78 is 0. The predicted octanol–water partition coefficient (Wildman–Crippen LogP) is 2.71. The van der Waals surface area contributed by atoms with Gasteiger partial charge in [0.25, 0.3) is 0 Å². The zero-order valence-electron chi connectivity index (χ0n) is 9.89. The van der Waals surface area contributed by atoms with Crippen molar-refractivity contribution < 1.29 is 5.11 Å². The first-order valence-electron chi connectivity index (χ1n) is 6.20. The molecule has 0 fully saturated rings. The Morgan fingerprint density at radius 3 is 2.36 bits per heavy atom. The lowest BCUT2D eigenvalue weighted by atomic mass is 10.1. The van der Waals surface area contributed by atoms with Gasteiger partial charge in [-0.3, -0.25) is 0 Å². The van der Waals surface area contributed by atoms with Gasteiger partial charge in [-0.05, 0) is 19.4 Å². The van der Waals surface area contributed by atoms with Gasteiger partial charge in [-0.2, -0.15) is 0 Å². The fraction of sp³-hybridized carbons (Fsp3) is 1.00. The lowest BCUT2D eigenvalue weighted by molar-refractivity contribution is 0.158. The summed E-state index contributed by atoms with van der Waals surface area (Å²) in [5, 5.41) is 12.8. The Hall–Kier alpha value is -0.0800. The molecule has 0 rings (SSSR count). The number of unbranched alkanes of at least 4 members (excludes halogenated alkanes) is 4. The summed E-state index contributed by atoms with van der Waals surface area (Å²) in [7, 11) is 0. The minimum Gasteiger partial charge on any atom is -0.392 e. The van der Waals surface area contributed by atoms with Crippen LogP contribution in [0.2, 0.25) is 0 Å². The van der Waals surface area contributed by atoms with Gasteiger partial charge in [-0.15, -0.1) is 0 Å². The Balaban J connectivity index is 3.06. The number of hydrogen-bond donors (Lipinski definition) is 2. The van der Waals surface area contributed by atoms with Gasteiger partial charge >= 0.3 is 0 Å². The first-order chi connectivity index (χ1) is 6.81. The van der Waals surface area contributed by atoms with Crippen LogP contribution in [0.1, 0.15) is 58.8 Å². The van der Waals surface area contributed by atoms with E-state index in [1.807, 2.05) is 0 Å². The molecule has 1 atom stereocenters. The summed E-state index contributed by atoms with van der Waals surface area (Å²) in [5.41, 5.74) is 0. The molecule has 0 heterocycles. The van der Waals surface area contributed by atoms with Crippen LogP contribution in [0, 0.1) is 0 Å². The highest BCUT2D eigenvalue weighted by molar-refractivity contribution is 4.59. The topological polar surface area (TPSA) is 32.3 Å². The highest BCUT2D eigenvalue weighted by Gasteiger charge is 2.01. The van der Waals surface area contributed by atoms with Crippen LogP contribution in [-0.4, -0.2) is 24.3 Å². The molecule has 0 spiro atoms. The van der Waals surface area contributed by atoms with Gasteiger partial charge in [0.2, 0.25) is 0 Å². The second kappa shape index (κ2) is 11.0. The van der Waals surface area contributed by atoms with Crippen molar-refractivity contribution in [3.63, 3.8) is 0 Å². The summed E-state index contributed by atoms with van der Waals surface area (Å²) in [6.07, 6.45) is 8.37. The molecule has 0 radical (unpaired) electrons. The van der Waals surface area contributed by atoms with Crippen molar-refractivity contribution in [2.24, 2.45) is 0 Å². The highest BCUT2D eigenvalue weighted by Crippen LogP contribution is 2.06. The molecule has 0 aliphatic carbocycles. The molecule has 0 aromatic heterocycles. The van der Waals surface area contributed by atoms with Crippen molar-refractivity contribution in [2.75, 3.05) is 13.1 Å². The van der Waals surface area contributed by atoms with Crippen molar-refractivity contribution in [1.82, 2.24) is 5.32 Å². The van der Waals surface area contributed by atoms with E-state index in [-0.39, 0.29) is 6.10 Å². The van der Waals surface area contributed by atoms with Crippen LogP contribution in [0.25, 0.3) is 0 Å². The monoisotopic (exact) mass is 201 g/mol. The van der Waals surface area contributed by atoms with E-state index in [0.717, 1.165) is 25.9 Å². The van der Waals surface area contributed by atoms with E-state index in [0.29, 0.717) is 0 Å². The van der Waals surface area contributed by atoms with Crippen molar-refractivity contribution >= 4 is 0 Å². The highest BCUT2D eigenvalue weighted by atomic mass is 16.3. The molecule has 86 valence electrons. The zero-order valence-corrected chi connectivity index (χ0v) is 9.89. The third-order valence-corrected chi connectivity index (χ3v) is 2.45. The summed E-state index contributed by atoms with van der Waals surface area (Å²) in [6.45, 7) is 6.15. The Bertz CT molecular complexity index is 106. The number of aliphatic hydroxyl groups excluding tert-OH is 1. The Kier molecular flexibility index (Phi) is 10.9. The van der Waals surface area contributed by atoms with Crippen LogP contribution in [0.5, 0.6) is 0 Å². The Morgan fingerprint density at radius 1 is 1.00 bits per heavy atom. The quantitative estimate of drug-likeness (QED) is 0.533. The van der Waals surface area contributed by atoms with E-state index >= 15 is 0 Å². The van der Waals surface area contributed by atoms with E-state index in [9.17, 15) is 5.11 Å². The molecule has 0 saturated heterocycles. The van der Waals surface area contributed by atoms with E-state index in [2.05, 4.69) is 19.2 Å². The molecule has 2 heteroatoms. The number of nitrogens with one attached hydrogen (secondary N) is 1.